The number of aromatic nitrogens is 2. The van der Waals surface area contributed by atoms with Gasteiger partial charge in [0.25, 0.3) is 5.91 Å². The number of hydrogen-bond donors (Lipinski definition) is 1. The number of benzene rings is 1. The van der Waals surface area contributed by atoms with Crippen LogP contribution in [-0.2, 0) is 6.54 Å². The lowest BCUT2D eigenvalue weighted by Gasteiger charge is -2.20. The van der Waals surface area contributed by atoms with Crippen LogP contribution in [0.2, 0.25) is 0 Å². The van der Waals surface area contributed by atoms with Crippen molar-refractivity contribution in [2.24, 2.45) is 5.73 Å². The molecule has 7 nitrogen and oxygen atoms in total. The maximum absolute atomic E-state index is 14.7. The molecule has 1 fully saturated rings. The third-order valence-electron chi connectivity index (χ3n) is 5.82. The SMILES string of the molecule is COc1cccc(F)c1-c1nccc2c1CN(c1cccc(N3CC[C@H](N)C3)n1)C2=O. The Balaban J connectivity index is 1.53. The normalized spacial score (nSPS) is 17.9. The first-order chi connectivity index (χ1) is 15.1. The van der Waals surface area contributed by atoms with Crippen molar-refractivity contribution in [1.82, 2.24) is 9.97 Å². The van der Waals surface area contributed by atoms with E-state index in [1.165, 1.54) is 19.4 Å². The maximum atomic E-state index is 14.7. The minimum Gasteiger partial charge on any atom is -0.496 e. The number of methoxy groups -OCH3 is 1. The predicted octanol–water partition coefficient (Wildman–Crippen LogP) is 2.99. The van der Waals surface area contributed by atoms with Gasteiger partial charge >= 0.3 is 0 Å². The molecule has 0 radical (unpaired) electrons. The molecule has 1 saturated heterocycles. The van der Waals surface area contributed by atoms with Crippen LogP contribution in [0.4, 0.5) is 16.0 Å². The summed E-state index contributed by atoms with van der Waals surface area (Å²) >= 11 is 0. The lowest BCUT2D eigenvalue weighted by Crippen LogP contribution is -2.28. The van der Waals surface area contributed by atoms with E-state index < -0.39 is 5.82 Å². The first kappa shape index (κ1) is 19.4. The van der Waals surface area contributed by atoms with Crippen LogP contribution in [0, 0.1) is 5.82 Å². The summed E-state index contributed by atoms with van der Waals surface area (Å²) in [7, 11) is 1.48. The third kappa shape index (κ3) is 3.29. The first-order valence-electron chi connectivity index (χ1n) is 10.2. The van der Waals surface area contributed by atoms with Crippen molar-refractivity contribution in [1.29, 1.82) is 0 Å². The van der Waals surface area contributed by atoms with Crippen molar-refractivity contribution < 1.29 is 13.9 Å². The molecule has 158 valence electrons. The molecule has 3 aromatic rings. The zero-order chi connectivity index (χ0) is 21.5. The van der Waals surface area contributed by atoms with Gasteiger partial charge in [-0.05, 0) is 36.8 Å². The van der Waals surface area contributed by atoms with E-state index in [4.69, 9.17) is 15.5 Å². The van der Waals surface area contributed by atoms with E-state index in [2.05, 4.69) is 9.88 Å². The molecule has 2 aromatic heterocycles. The monoisotopic (exact) mass is 419 g/mol. The molecule has 5 rings (SSSR count). The Morgan fingerprint density at radius 2 is 1.97 bits per heavy atom. The summed E-state index contributed by atoms with van der Waals surface area (Å²) in [5.41, 5.74) is 7.84. The fraction of sp³-hybridized carbons (Fsp3) is 0.261. The molecule has 0 saturated carbocycles. The largest absolute Gasteiger partial charge is 0.496 e. The Labute approximate surface area is 179 Å². The minimum atomic E-state index is -0.448. The summed E-state index contributed by atoms with van der Waals surface area (Å²) < 4.78 is 20.1. The second-order valence-corrected chi connectivity index (χ2v) is 7.74. The fourth-order valence-corrected chi connectivity index (χ4v) is 4.27. The van der Waals surface area contributed by atoms with Gasteiger partial charge in [0.2, 0.25) is 0 Å². The number of hydrogen-bond acceptors (Lipinski definition) is 6. The van der Waals surface area contributed by atoms with Crippen molar-refractivity contribution >= 4 is 17.5 Å². The number of anilines is 2. The number of pyridine rings is 2. The highest BCUT2D eigenvalue weighted by atomic mass is 19.1. The lowest BCUT2D eigenvalue weighted by atomic mass is 10.0. The second kappa shape index (κ2) is 7.63. The molecule has 2 aliphatic rings. The maximum Gasteiger partial charge on any atom is 0.260 e. The topological polar surface area (TPSA) is 84.6 Å². The quantitative estimate of drug-likeness (QED) is 0.700. The molecular formula is C23H22FN5O2. The zero-order valence-corrected chi connectivity index (χ0v) is 17.1. The number of halogens is 1. The van der Waals surface area contributed by atoms with E-state index in [1.54, 1.807) is 29.2 Å². The average Bonchev–Trinajstić information content (AvgIpc) is 3.37. The van der Waals surface area contributed by atoms with Crippen LogP contribution in [-0.4, -0.2) is 42.1 Å². The van der Waals surface area contributed by atoms with Crippen molar-refractivity contribution in [3.8, 4) is 17.0 Å². The van der Waals surface area contributed by atoms with E-state index in [9.17, 15) is 9.18 Å². The van der Waals surface area contributed by atoms with Crippen molar-refractivity contribution in [2.75, 3.05) is 30.0 Å². The number of ether oxygens (including phenoxy) is 1. The van der Waals surface area contributed by atoms with E-state index in [-0.39, 0.29) is 24.1 Å². The Bertz CT molecular complexity index is 1170. The molecule has 4 heterocycles. The number of nitrogens with zero attached hydrogens (tertiary/aromatic N) is 4. The van der Waals surface area contributed by atoms with Crippen LogP contribution in [0.25, 0.3) is 11.3 Å². The van der Waals surface area contributed by atoms with Gasteiger partial charge in [0, 0.05) is 36.5 Å². The molecule has 1 aromatic carbocycles. The van der Waals surface area contributed by atoms with Crippen LogP contribution in [0.15, 0.2) is 48.7 Å². The van der Waals surface area contributed by atoms with Gasteiger partial charge in [-0.2, -0.15) is 0 Å². The highest BCUT2D eigenvalue weighted by Crippen LogP contribution is 2.38. The van der Waals surface area contributed by atoms with E-state index in [0.717, 1.165) is 25.3 Å². The molecule has 0 bridgehead atoms. The molecule has 2 N–H and O–H groups in total. The molecule has 2 aliphatic heterocycles. The van der Waals surface area contributed by atoms with Crippen LogP contribution >= 0.6 is 0 Å². The summed E-state index contributed by atoms with van der Waals surface area (Å²) in [6, 6.07) is 12.0. The van der Waals surface area contributed by atoms with Crippen LogP contribution < -0.4 is 20.3 Å². The highest BCUT2D eigenvalue weighted by molar-refractivity contribution is 6.10. The van der Waals surface area contributed by atoms with E-state index in [1.807, 2.05) is 12.1 Å². The standard InChI is InChI=1S/C23H22FN5O2/c1-31-18-5-2-4-17(24)21(18)22-16-13-29(23(30)15(16)8-10-26-22)20-7-3-6-19(27-20)28-11-9-14(25)12-28/h2-8,10,14H,9,11-13,25H2,1H3/t14-/m0/s1. The smallest absolute Gasteiger partial charge is 0.260 e. The first-order valence-corrected chi connectivity index (χ1v) is 10.2. The Morgan fingerprint density at radius 3 is 2.74 bits per heavy atom. The van der Waals surface area contributed by atoms with Gasteiger partial charge in [-0.3, -0.25) is 14.7 Å². The van der Waals surface area contributed by atoms with Gasteiger partial charge in [-0.1, -0.05) is 12.1 Å². The van der Waals surface area contributed by atoms with Gasteiger partial charge in [-0.25, -0.2) is 9.37 Å². The van der Waals surface area contributed by atoms with E-state index in [0.29, 0.717) is 28.4 Å². The Hall–Kier alpha value is -3.52. The molecule has 0 unspecified atom stereocenters. The summed E-state index contributed by atoms with van der Waals surface area (Å²) in [5.74, 6) is 1.08. The molecule has 8 heteroatoms. The zero-order valence-electron chi connectivity index (χ0n) is 17.1. The molecule has 0 spiro atoms. The molecule has 1 amide bonds. The Kier molecular flexibility index (Phi) is 4.78. The minimum absolute atomic E-state index is 0.132. The Morgan fingerprint density at radius 1 is 1.16 bits per heavy atom. The summed E-state index contributed by atoms with van der Waals surface area (Å²) in [4.78, 5) is 26.0. The number of rotatable bonds is 4. The predicted molar refractivity (Wildman–Crippen MR) is 116 cm³/mol. The number of fused-ring (bicyclic) bond motifs is 1. The summed E-state index contributed by atoms with van der Waals surface area (Å²) in [6.45, 7) is 1.84. The number of amides is 1. The van der Waals surface area contributed by atoms with Crippen molar-refractivity contribution in [3.63, 3.8) is 0 Å². The summed E-state index contributed by atoms with van der Waals surface area (Å²) in [6.07, 6.45) is 2.44. The molecule has 31 heavy (non-hydrogen) atoms. The number of carbonyl (C=O) groups is 1. The highest BCUT2D eigenvalue weighted by Gasteiger charge is 2.34. The van der Waals surface area contributed by atoms with Gasteiger partial charge < -0.3 is 15.4 Å². The molecular weight excluding hydrogens is 397 g/mol. The van der Waals surface area contributed by atoms with Crippen LogP contribution in [0.3, 0.4) is 0 Å². The van der Waals surface area contributed by atoms with Crippen molar-refractivity contribution in [3.05, 3.63) is 65.6 Å². The van der Waals surface area contributed by atoms with Gasteiger partial charge in [0.1, 0.15) is 23.2 Å². The fourth-order valence-electron chi connectivity index (χ4n) is 4.27. The van der Waals surface area contributed by atoms with Gasteiger partial charge in [0.15, 0.2) is 0 Å². The van der Waals surface area contributed by atoms with Crippen LogP contribution in [0.5, 0.6) is 5.75 Å². The summed E-state index contributed by atoms with van der Waals surface area (Å²) in [5, 5.41) is 0. The van der Waals surface area contributed by atoms with Crippen LogP contribution in [0.1, 0.15) is 22.3 Å². The van der Waals surface area contributed by atoms with Gasteiger partial charge in [0.05, 0.1) is 24.9 Å². The third-order valence-corrected chi connectivity index (χ3v) is 5.82. The van der Waals surface area contributed by atoms with Crippen molar-refractivity contribution in [2.45, 2.75) is 19.0 Å². The molecule has 1 atom stereocenters. The molecule has 0 aliphatic carbocycles. The van der Waals surface area contributed by atoms with E-state index >= 15 is 0 Å². The average molecular weight is 419 g/mol. The number of nitrogens with two attached hydrogens (primary N) is 1. The number of carbonyl (C=O) groups excluding carboxylic acids is 1. The second-order valence-electron chi connectivity index (χ2n) is 7.74. The lowest BCUT2D eigenvalue weighted by molar-refractivity contribution is 0.0996. The van der Waals surface area contributed by atoms with Gasteiger partial charge in [-0.15, -0.1) is 0 Å².